The first kappa shape index (κ1) is 8.68. The molecular weight excluding hydrogens is 142 g/mol. The van der Waals surface area contributed by atoms with Crippen LogP contribution in [-0.2, 0) is 4.79 Å². The standard InChI is InChI=1S/C8H15NO2/c1-9(2)7-3-6(5-10)4-8(7)11/h5-8,11H,3-4H2,1-2H3/t6-,7+,8+/m0/s1. The van der Waals surface area contributed by atoms with Crippen LogP contribution in [0.25, 0.3) is 0 Å². The quantitative estimate of drug-likeness (QED) is 0.568. The maximum Gasteiger partial charge on any atom is 0.123 e. The second-order valence-corrected chi connectivity index (χ2v) is 3.47. The third-order valence-electron chi connectivity index (χ3n) is 2.39. The lowest BCUT2D eigenvalue weighted by atomic mass is 10.1. The van der Waals surface area contributed by atoms with Crippen molar-refractivity contribution in [3.63, 3.8) is 0 Å². The highest BCUT2D eigenvalue weighted by Gasteiger charge is 2.33. The van der Waals surface area contributed by atoms with E-state index < -0.39 is 0 Å². The Balaban J connectivity index is 2.51. The lowest BCUT2D eigenvalue weighted by Gasteiger charge is -2.21. The monoisotopic (exact) mass is 157 g/mol. The van der Waals surface area contributed by atoms with Crippen LogP contribution in [0.2, 0.25) is 0 Å². The van der Waals surface area contributed by atoms with Crippen LogP contribution in [0.4, 0.5) is 0 Å². The summed E-state index contributed by atoms with van der Waals surface area (Å²) in [5.74, 6) is 0.0670. The molecule has 0 saturated heterocycles. The topological polar surface area (TPSA) is 40.5 Å². The van der Waals surface area contributed by atoms with Crippen molar-refractivity contribution in [1.82, 2.24) is 4.90 Å². The lowest BCUT2D eigenvalue weighted by Crippen LogP contribution is -2.34. The third-order valence-corrected chi connectivity index (χ3v) is 2.39. The number of carbonyl (C=O) groups excluding carboxylic acids is 1. The summed E-state index contributed by atoms with van der Waals surface area (Å²) in [6.45, 7) is 0. The molecule has 1 fully saturated rings. The first-order valence-electron chi connectivity index (χ1n) is 3.95. The van der Waals surface area contributed by atoms with E-state index in [4.69, 9.17) is 0 Å². The molecule has 1 saturated carbocycles. The summed E-state index contributed by atoms with van der Waals surface area (Å²) >= 11 is 0. The number of aldehydes is 1. The fourth-order valence-corrected chi connectivity index (χ4v) is 1.70. The van der Waals surface area contributed by atoms with Gasteiger partial charge in [0, 0.05) is 12.0 Å². The van der Waals surface area contributed by atoms with Gasteiger partial charge < -0.3 is 14.8 Å². The van der Waals surface area contributed by atoms with E-state index in [1.807, 2.05) is 19.0 Å². The highest BCUT2D eigenvalue weighted by molar-refractivity contribution is 5.54. The molecule has 1 rings (SSSR count). The van der Waals surface area contributed by atoms with E-state index in [-0.39, 0.29) is 18.1 Å². The number of rotatable bonds is 2. The summed E-state index contributed by atoms with van der Waals surface area (Å²) in [6, 6.07) is 0.171. The SMILES string of the molecule is CN(C)[C@@H]1C[C@H](C=O)C[C@H]1O. The molecule has 1 N–H and O–H groups in total. The number of aliphatic hydroxyl groups is 1. The molecule has 0 radical (unpaired) electrons. The van der Waals surface area contributed by atoms with Gasteiger partial charge in [0.05, 0.1) is 6.10 Å². The number of nitrogens with zero attached hydrogens (tertiary/aromatic N) is 1. The average molecular weight is 157 g/mol. The smallest absolute Gasteiger partial charge is 0.123 e. The normalized spacial score (nSPS) is 38.0. The molecule has 1 aliphatic rings. The molecule has 0 aliphatic heterocycles. The van der Waals surface area contributed by atoms with Crippen molar-refractivity contribution in [2.75, 3.05) is 14.1 Å². The van der Waals surface area contributed by atoms with Crippen LogP contribution in [0.1, 0.15) is 12.8 Å². The van der Waals surface area contributed by atoms with Gasteiger partial charge in [0.2, 0.25) is 0 Å². The van der Waals surface area contributed by atoms with Crippen LogP contribution in [0, 0.1) is 5.92 Å². The number of hydrogen-bond donors (Lipinski definition) is 1. The fraction of sp³-hybridized carbons (Fsp3) is 0.875. The highest BCUT2D eigenvalue weighted by atomic mass is 16.3. The first-order valence-corrected chi connectivity index (χ1v) is 3.95. The summed E-state index contributed by atoms with van der Waals surface area (Å²) in [4.78, 5) is 12.4. The van der Waals surface area contributed by atoms with Gasteiger partial charge in [0.25, 0.3) is 0 Å². The number of hydrogen-bond acceptors (Lipinski definition) is 3. The van der Waals surface area contributed by atoms with E-state index in [0.29, 0.717) is 6.42 Å². The zero-order valence-electron chi connectivity index (χ0n) is 7.03. The summed E-state index contributed by atoms with van der Waals surface area (Å²) < 4.78 is 0. The van der Waals surface area contributed by atoms with E-state index >= 15 is 0 Å². The van der Waals surface area contributed by atoms with E-state index in [1.165, 1.54) is 0 Å². The van der Waals surface area contributed by atoms with Gasteiger partial charge in [0.1, 0.15) is 6.29 Å². The van der Waals surface area contributed by atoms with Crippen LogP contribution in [0.15, 0.2) is 0 Å². The van der Waals surface area contributed by atoms with E-state index in [2.05, 4.69) is 0 Å². The van der Waals surface area contributed by atoms with Gasteiger partial charge in [0.15, 0.2) is 0 Å². The molecule has 11 heavy (non-hydrogen) atoms. The highest BCUT2D eigenvalue weighted by Crippen LogP contribution is 2.26. The second kappa shape index (κ2) is 3.32. The molecule has 0 aromatic rings. The minimum absolute atomic E-state index is 0.0670. The predicted octanol–water partition coefficient (Wildman–Crippen LogP) is -0.114. The Morgan fingerprint density at radius 2 is 2.09 bits per heavy atom. The van der Waals surface area contributed by atoms with Crippen molar-refractivity contribution in [1.29, 1.82) is 0 Å². The van der Waals surface area contributed by atoms with E-state index in [1.54, 1.807) is 0 Å². The van der Waals surface area contributed by atoms with E-state index in [9.17, 15) is 9.90 Å². The number of likely N-dealkylation sites (N-methyl/N-ethyl adjacent to an activating group) is 1. The zero-order chi connectivity index (χ0) is 8.43. The van der Waals surface area contributed by atoms with Crippen LogP contribution in [0.3, 0.4) is 0 Å². The average Bonchev–Trinajstić information content (AvgIpc) is 2.30. The van der Waals surface area contributed by atoms with Crippen molar-refractivity contribution in [3.05, 3.63) is 0 Å². The molecule has 0 heterocycles. The molecule has 3 nitrogen and oxygen atoms in total. The molecule has 1 aliphatic carbocycles. The molecular formula is C8H15NO2. The zero-order valence-corrected chi connectivity index (χ0v) is 7.03. The Hall–Kier alpha value is -0.410. The molecule has 0 spiro atoms. The Morgan fingerprint density at radius 3 is 2.36 bits per heavy atom. The molecule has 3 atom stereocenters. The number of aliphatic hydroxyl groups excluding tert-OH is 1. The van der Waals surface area contributed by atoms with Crippen LogP contribution in [-0.4, -0.2) is 42.5 Å². The summed E-state index contributed by atoms with van der Waals surface area (Å²) in [6.07, 6.45) is 2.07. The fourth-order valence-electron chi connectivity index (χ4n) is 1.70. The molecule has 0 unspecified atom stereocenters. The van der Waals surface area contributed by atoms with E-state index in [0.717, 1.165) is 12.7 Å². The lowest BCUT2D eigenvalue weighted by molar-refractivity contribution is -0.111. The van der Waals surface area contributed by atoms with Crippen molar-refractivity contribution < 1.29 is 9.90 Å². The minimum Gasteiger partial charge on any atom is -0.391 e. The maximum atomic E-state index is 10.4. The molecule has 0 aromatic carbocycles. The Bertz CT molecular complexity index is 147. The maximum absolute atomic E-state index is 10.4. The van der Waals surface area contributed by atoms with Gasteiger partial charge in [-0.25, -0.2) is 0 Å². The van der Waals surface area contributed by atoms with Gasteiger partial charge in [-0.15, -0.1) is 0 Å². The predicted molar refractivity (Wildman–Crippen MR) is 42.3 cm³/mol. The molecule has 3 heteroatoms. The van der Waals surface area contributed by atoms with Crippen molar-refractivity contribution in [2.24, 2.45) is 5.92 Å². The van der Waals surface area contributed by atoms with Crippen molar-refractivity contribution in [3.8, 4) is 0 Å². The van der Waals surface area contributed by atoms with Gasteiger partial charge >= 0.3 is 0 Å². The van der Waals surface area contributed by atoms with Crippen molar-refractivity contribution in [2.45, 2.75) is 25.0 Å². The van der Waals surface area contributed by atoms with Crippen LogP contribution >= 0.6 is 0 Å². The molecule has 64 valence electrons. The Kier molecular flexibility index (Phi) is 2.62. The molecule has 0 aromatic heterocycles. The molecule has 0 bridgehead atoms. The Morgan fingerprint density at radius 1 is 1.45 bits per heavy atom. The van der Waals surface area contributed by atoms with Gasteiger partial charge in [-0.2, -0.15) is 0 Å². The summed E-state index contributed by atoms with van der Waals surface area (Å²) in [5, 5.41) is 9.46. The van der Waals surface area contributed by atoms with Crippen LogP contribution in [0.5, 0.6) is 0 Å². The largest absolute Gasteiger partial charge is 0.391 e. The second-order valence-electron chi connectivity index (χ2n) is 3.47. The summed E-state index contributed by atoms with van der Waals surface area (Å²) in [5.41, 5.74) is 0. The third kappa shape index (κ3) is 1.79. The summed E-state index contributed by atoms with van der Waals surface area (Å²) in [7, 11) is 3.86. The van der Waals surface area contributed by atoms with Gasteiger partial charge in [-0.05, 0) is 26.9 Å². The van der Waals surface area contributed by atoms with Crippen molar-refractivity contribution >= 4 is 6.29 Å². The first-order chi connectivity index (χ1) is 5.15. The Labute approximate surface area is 67.0 Å². The minimum atomic E-state index is -0.319. The van der Waals surface area contributed by atoms with Gasteiger partial charge in [-0.1, -0.05) is 0 Å². The van der Waals surface area contributed by atoms with Crippen LogP contribution < -0.4 is 0 Å². The molecule has 0 amide bonds. The van der Waals surface area contributed by atoms with Gasteiger partial charge in [-0.3, -0.25) is 0 Å². The number of carbonyl (C=O) groups is 1.